The maximum absolute atomic E-state index is 10.6. The number of aromatic nitrogens is 1. The fourth-order valence-corrected chi connectivity index (χ4v) is 4.57. The third-order valence-electron chi connectivity index (χ3n) is 5.54. The van der Waals surface area contributed by atoms with Gasteiger partial charge in [0.1, 0.15) is 0 Å². The van der Waals surface area contributed by atoms with Crippen molar-refractivity contribution in [2.45, 2.75) is 44.2 Å². The number of rotatable bonds is 3. The summed E-state index contributed by atoms with van der Waals surface area (Å²) in [7, 11) is 0. The maximum Gasteiger partial charge on any atom is 0.0777 e. The lowest BCUT2D eigenvalue weighted by atomic mass is 9.70. The molecule has 21 heavy (non-hydrogen) atoms. The molecule has 2 bridgehead atoms. The molecule has 3 fully saturated rings. The number of aromatic amines is 1. The second kappa shape index (κ2) is 4.85. The van der Waals surface area contributed by atoms with Crippen LogP contribution in [0.4, 0.5) is 0 Å². The second-order valence-electron chi connectivity index (χ2n) is 7.12. The number of nitrogens with one attached hydrogen (secondary N) is 1. The highest BCUT2D eigenvalue weighted by Gasteiger charge is 2.46. The lowest BCUT2D eigenvalue weighted by molar-refractivity contribution is -0.119. The highest BCUT2D eigenvalue weighted by Crippen LogP contribution is 2.41. The quantitative estimate of drug-likeness (QED) is 0.909. The molecule has 0 radical (unpaired) electrons. The Bertz CT molecular complexity index is 645. The van der Waals surface area contributed by atoms with Gasteiger partial charge in [-0.1, -0.05) is 18.2 Å². The average molecular weight is 284 g/mol. The van der Waals surface area contributed by atoms with Crippen molar-refractivity contribution in [1.29, 1.82) is 0 Å². The Morgan fingerprint density at radius 3 is 3.00 bits per heavy atom. The van der Waals surface area contributed by atoms with Crippen LogP contribution >= 0.6 is 0 Å². The number of H-pyrrole nitrogens is 1. The number of hydrogen-bond donors (Lipinski definition) is 2. The van der Waals surface area contributed by atoms with E-state index in [0.717, 1.165) is 25.8 Å². The minimum Gasteiger partial charge on any atom is -0.389 e. The molecule has 1 aromatic heterocycles. The monoisotopic (exact) mass is 284 g/mol. The topological polar surface area (TPSA) is 39.3 Å². The molecule has 2 saturated heterocycles. The lowest BCUT2D eigenvalue weighted by Crippen LogP contribution is -2.61. The van der Waals surface area contributed by atoms with E-state index in [1.165, 1.54) is 29.4 Å². The average Bonchev–Trinajstić information content (AvgIpc) is 2.87. The second-order valence-corrected chi connectivity index (χ2v) is 7.12. The number of para-hydroxylation sites is 1. The number of aliphatic hydroxyl groups is 1. The van der Waals surface area contributed by atoms with Gasteiger partial charge in [0.2, 0.25) is 0 Å². The largest absolute Gasteiger partial charge is 0.389 e. The van der Waals surface area contributed by atoms with E-state index in [2.05, 4.69) is 40.3 Å². The molecule has 2 N–H and O–H groups in total. The Morgan fingerprint density at radius 2 is 2.19 bits per heavy atom. The van der Waals surface area contributed by atoms with E-state index in [-0.39, 0.29) is 0 Å². The van der Waals surface area contributed by atoms with Gasteiger partial charge in [-0.2, -0.15) is 0 Å². The van der Waals surface area contributed by atoms with Crippen LogP contribution in [0.2, 0.25) is 0 Å². The fourth-order valence-electron chi connectivity index (χ4n) is 4.57. The van der Waals surface area contributed by atoms with Crippen molar-refractivity contribution in [1.82, 2.24) is 9.88 Å². The standard InChI is InChI=1S/C18H24N2O/c1-18(21)10-13-6-7-17(18)20(12-13)9-8-14-11-19-16-5-3-2-4-15(14)16/h2-5,11,13,17,19,21H,6-10,12H2,1H3. The zero-order chi connectivity index (χ0) is 14.4. The number of hydrogen-bond acceptors (Lipinski definition) is 2. The van der Waals surface area contributed by atoms with E-state index in [4.69, 9.17) is 0 Å². The van der Waals surface area contributed by atoms with Gasteiger partial charge < -0.3 is 10.1 Å². The molecule has 3 aliphatic rings. The first-order valence-corrected chi connectivity index (χ1v) is 8.15. The predicted octanol–water partition coefficient (Wildman–Crippen LogP) is 2.95. The minimum absolute atomic E-state index is 0.354. The molecule has 2 aliphatic heterocycles. The summed E-state index contributed by atoms with van der Waals surface area (Å²) < 4.78 is 0. The smallest absolute Gasteiger partial charge is 0.0777 e. The number of piperidine rings is 2. The summed E-state index contributed by atoms with van der Waals surface area (Å²) in [4.78, 5) is 5.89. The third kappa shape index (κ3) is 2.29. The highest BCUT2D eigenvalue weighted by atomic mass is 16.3. The zero-order valence-electron chi connectivity index (χ0n) is 12.7. The number of benzene rings is 1. The van der Waals surface area contributed by atoms with Crippen molar-refractivity contribution in [3.63, 3.8) is 0 Å². The molecule has 1 aliphatic carbocycles. The highest BCUT2D eigenvalue weighted by molar-refractivity contribution is 5.83. The molecule has 0 amide bonds. The molecule has 3 atom stereocenters. The van der Waals surface area contributed by atoms with E-state index >= 15 is 0 Å². The van der Waals surface area contributed by atoms with Crippen LogP contribution in [0, 0.1) is 5.92 Å². The summed E-state index contributed by atoms with van der Waals surface area (Å²) in [5, 5.41) is 12.0. The van der Waals surface area contributed by atoms with Gasteiger partial charge in [-0.05, 0) is 50.2 Å². The molecule has 3 unspecified atom stereocenters. The first kappa shape index (κ1) is 13.4. The summed E-state index contributed by atoms with van der Waals surface area (Å²) >= 11 is 0. The molecular formula is C18H24N2O. The first-order chi connectivity index (χ1) is 10.1. The van der Waals surface area contributed by atoms with Gasteiger partial charge in [-0.15, -0.1) is 0 Å². The van der Waals surface area contributed by atoms with Crippen LogP contribution in [0.25, 0.3) is 10.9 Å². The van der Waals surface area contributed by atoms with Crippen LogP contribution in [0.3, 0.4) is 0 Å². The molecule has 3 nitrogen and oxygen atoms in total. The van der Waals surface area contributed by atoms with Gasteiger partial charge in [0.05, 0.1) is 5.60 Å². The van der Waals surface area contributed by atoms with Crippen LogP contribution < -0.4 is 0 Å². The van der Waals surface area contributed by atoms with Crippen LogP contribution in [-0.4, -0.2) is 39.7 Å². The first-order valence-electron chi connectivity index (χ1n) is 8.15. The van der Waals surface area contributed by atoms with Crippen LogP contribution in [-0.2, 0) is 6.42 Å². The number of nitrogens with zero attached hydrogens (tertiary/aromatic N) is 1. The van der Waals surface area contributed by atoms with Gasteiger partial charge in [0.15, 0.2) is 0 Å². The summed E-state index contributed by atoms with van der Waals surface area (Å²) in [6, 6.07) is 8.86. The normalized spacial score (nSPS) is 32.9. The van der Waals surface area contributed by atoms with Crippen molar-refractivity contribution in [3.8, 4) is 0 Å². The summed E-state index contributed by atoms with van der Waals surface area (Å²) in [5.41, 5.74) is 2.13. The van der Waals surface area contributed by atoms with Gasteiger partial charge in [0, 0.05) is 36.2 Å². The Hall–Kier alpha value is -1.32. The van der Waals surface area contributed by atoms with Crippen molar-refractivity contribution in [2.24, 2.45) is 5.92 Å². The number of fused-ring (bicyclic) bond motifs is 4. The van der Waals surface area contributed by atoms with Crippen molar-refractivity contribution < 1.29 is 5.11 Å². The Morgan fingerprint density at radius 1 is 1.33 bits per heavy atom. The van der Waals surface area contributed by atoms with Crippen molar-refractivity contribution in [3.05, 3.63) is 36.0 Å². The lowest BCUT2D eigenvalue weighted by Gasteiger charge is -2.53. The van der Waals surface area contributed by atoms with Crippen LogP contribution in [0.5, 0.6) is 0 Å². The third-order valence-corrected chi connectivity index (χ3v) is 5.54. The van der Waals surface area contributed by atoms with E-state index in [1.807, 2.05) is 6.92 Å². The molecule has 5 rings (SSSR count). The molecule has 0 spiro atoms. The molecule has 3 heterocycles. The Balaban J connectivity index is 1.50. The summed E-state index contributed by atoms with van der Waals surface area (Å²) in [5.74, 6) is 0.688. The van der Waals surface area contributed by atoms with Gasteiger partial charge in [-0.3, -0.25) is 4.90 Å². The van der Waals surface area contributed by atoms with Crippen LogP contribution in [0.15, 0.2) is 30.5 Å². The van der Waals surface area contributed by atoms with E-state index in [0.29, 0.717) is 12.0 Å². The molecule has 1 aromatic carbocycles. The van der Waals surface area contributed by atoms with Crippen molar-refractivity contribution in [2.75, 3.05) is 13.1 Å². The Kier molecular flexibility index (Phi) is 3.09. The fraction of sp³-hybridized carbons (Fsp3) is 0.556. The molecule has 112 valence electrons. The van der Waals surface area contributed by atoms with E-state index in [9.17, 15) is 5.11 Å². The predicted molar refractivity (Wildman–Crippen MR) is 85.3 cm³/mol. The Labute approximate surface area is 126 Å². The zero-order valence-corrected chi connectivity index (χ0v) is 12.7. The summed E-state index contributed by atoms with van der Waals surface area (Å²) in [6.45, 7) is 4.25. The van der Waals surface area contributed by atoms with Gasteiger partial charge >= 0.3 is 0 Å². The van der Waals surface area contributed by atoms with Crippen LogP contribution in [0.1, 0.15) is 31.7 Å². The summed E-state index contributed by atoms with van der Waals surface area (Å²) in [6.07, 6.45) is 6.64. The molecule has 3 heteroatoms. The van der Waals surface area contributed by atoms with E-state index in [1.54, 1.807) is 0 Å². The molecule has 2 aromatic rings. The SMILES string of the molecule is CC1(O)CC2CCC1N(CCc1c[nH]c3ccccc13)C2. The van der Waals surface area contributed by atoms with Gasteiger partial charge in [0.25, 0.3) is 0 Å². The minimum atomic E-state index is -0.485. The molecule has 1 saturated carbocycles. The van der Waals surface area contributed by atoms with Crippen molar-refractivity contribution >= 4 is 10.9 Å². The van der Waals surface area contributed by atoms with Gasteiger partial charge in [-0.25, -0.2) is 0 Å². The maximum atomic E-state index is 10.6. The van der Waals surface area contributed by atoms with E-state index < -0.39 is 5.60 Å². The molecular weight excluding hydrogens is 260 g/mol.